The summed E-state index contributed by atoms with van der Waals surface area (Å²) < 4.78 is 40.5. The molecule has 2 nitrogen and oxygen atoms in total. The van der Waals surface area contributed by atoms with Crippen LogP contribution in [0.15, 0.2) is 0 Å². The van der Waals surface area contributed by atoms with Gasteiger partial charge in [-0.15, -0.1) is 0 Å². The van der Waals surface area contributed by atoms with Crippen molar-refractivity contribution in [2.45, 2.75) is 45.5 Å². The van der Waals surface area contributed by atoms with Crippen LogP contribution in [0.4, 0.5) is 13.2 Å². The molecule has 0 saturated heterocycles. The second-order valence-corrected chi connectivity index (χ2v) is 3.52. The average molecular weight is 213 g/mol. The standard InChI is InChI=1S/C9H18F3NO/c1-7(2)13-5-4-6-14-8(3)9(10,11)12/h7-8,13H,4-6H2,1-3H3. The third kappa shape index (κ3) is 7.15. The van der Waals surface area contributed by atoms with Gasteiger partial charge in [-0.1, -0.05) is 13.8 Å². The summed E-state index contributed by atoms with van der Waals surface area (Å²) in [6.45, 7) is 5.82. The number of nitrogens with one attached hydrogen (secondary N) is 1. The lowest BCUT2D eigenvalue weighted by Crippen LogP contribution is -2.30. The van der Waals surface area contributed by atoms with E-state index in [2.05, 4.69) is 10.1 Å². The Morgan fingerprint density at radius 1 is 1.21 bits per heavy atom. The Hall–Kier alpha value is -0.290. The van der Waals surface area contributed by atoms with E-state index in [-0.39, 0.29) is 6.61 Å². The number of halogens is 3. The quantitative estimate of drug-likeness (QED) is 0.684. The van der Waals surface area contributed by atoms with Crippen molar-refractivity contribution >= 4 is 0 Å². The predicted molar refractivity (Wildman–Crippen MR) is 49.2 cm³/mol. The van der Waals surface area contributed by atoms with E-state index in [0.29, 0.717) is 19.0 Å². The zero-order chi connectivity index (χ0) is 11.2. The number of hydrogen-bond acceptors (Lipinski definition) is 2. The predicted octanol–water partition coefficient (Wildman–Crippen LogP) is 2.34. The highest BCUT2D eigenvalue weighted by molar-refractivity contribution is 4.61. The Labute approximate surface area is 82.8 Å². The maximum Gasteiger partial charge on any atom is 0.414 e. The van der Waals surface area contributed by atoms with Crippen LogP contribution in [-0.2, 0) is 4.74 Å². The van der Waals surface area contributed by atoms with Crippen molar-refractivity contribution in [3.63, 3.8) is 0 Å². The lowest BCUT2D eigenvalue weighted by Gasteiger charge is -2.16. The van der Waals surface area contributed by atoms with Crippen molar-refractivity contribution in [1.82, 2.24) is 5.32 Å². The third-order valence-corrected chi connectivity index (χ3v) is 1.70. The topological polar surface area (TPSA) is 21.3 Å². The van der Waals surface area contributed by atoms with Crippen LogP contribution in [0.1, 0.15) is 27.2 Å². The fourth-order valence-electron chi connectivity index (χ4n) is 0.818. The van der Waals surface area contributed by atoms with Crippen LogP contribution in [-0.4, -0.2) is 31.5 Å². The van der Waals surface area contributed by atoms with Gasteiger partial charge in [0.25, 0.3) is 0 Å². The number of ether oxygens (including phenoxy) is 1. The summed E-state index contributed by atoms with van der Waals surface area (Å²) in [6.07, 6.45) is -5.31. The Kier molecular flexibility index (Phi) is 6.11. The van der Waals surface area contributed by atoms with Crippen LogP contribution in [0.3, 0.4) is 0 Å². The van der Waals surface area contributed by atoms with E-state index in [1.54, 1.807) is 0 Å². The molecule has 0 fully saturated rings. The molecule has 0 radical (unpaired) electrons. The van der Waals surface area contributed by atoms with Crippen LogP contribution >= 0.6 is 0 Å². The Morgan fingerprint density at radius 2 is 1.79 bits per heavy atom. The van der Waals surface area contributed by atoms with Crippen molar-refractivity contribution < 1.29 is 17.9 Å². The monoisotopic (exact) mass is 213 g/mol. The summed E-state index contributed by atoms with van der Waals surface area (Å²) in [7, 11) is 0. The van der Waals surface area contributed by atoms with Gasteiger partial charge < -0.3 is 10.1 Å². The van der Waals surface area contributed by atoms with E-state index in [1.165, 1.54) is 0 Å². The van der Waals surface area contributed by atoms with Crippen molar-refractivity contribution in [3.8, 4) is 0 Å². The van der Waals surface area contributed by atoms with Crippen molar-refractivity contribution in [1.29, 1.82) is 0 Å². The van der Waals surface area contributed by atoms with Crippen LogP contribution in [0.2, 0.25) is 0 Å². The van der Waals surface area contributed by atoms with E-state index in [0.717, 1.165) is 6.92 Å². The number of hydrogen-bond donors (Lipinski definition) is 1. The Balaban J connectivity index is 3.37. The molecule has 0 aliphatic carbocycles. The molecule has 0 aliphatic heterocycles. The molecule has 1 unspecified atom stereocenters. The summed E-state index contributed by atoms with van der Waals surface area (Å²) >= 11 is 0. The Bertz CT molecular complexity index is 147. The fraction of sp³-hybridized carbons (Fsp3) is 1.00. The summed E-state index contributed by atoms with van der Waals surface area (Å²) in [5.74, 6) is 0. The van der Waals surface area contributed by atoms with E-state index in [4.69, 9.17) is 0 Å². The zero-order valence-corrected chi connectivity index (χ0v) is 8.82. The van der Waals surface area contributed by atoms with Gasteiger partial charge in [-0.05, 0) is 19.9 Å². The zero-order valence-electron chi connectivity index (χ0n) is 8.82. The molecule has 14 heavy (non-hydrogen) atoms. The first-order valence-electron chi connectivity index (χ1n) is 4.75. The molecular weight excluding hydrogens is 195 g/mol. The first-order chi connectivity index (χ1) is 6.34. The summed E-state index contributed by atoms with van der Waals surface area (Å²) in [5, 5.41) is 3.10. The van der Waals surface area contributed by atoms with E-state index < -0.39 is 12.3 Å². The second-order valence-electron chi connectivity index (χ2n) is 3.52. The van der Waals surface area contributed by atoms with Gasteiger partial charge in [0.2, 0.25) is 0 Å². The van der Waals surface area contributed by atoms with Crippen LogP contribution < -0.4 is 5.32 Å². The highest BCUT2D eigenvalue weighted by atomic mass is 19.4. The van der Waals surface area contributed by atoms with Gasteiger partial charge in [-0.2, -0.15) is 13.2 Å². The SMILES string of the molecule is CC(C)NCCCOC(C)C(F)(F)F. The average Bonchev–Trinajstić information content (AvgIpc) is 2.01. The fourth-order valence-corrected chi connectivity index (χ4v) is 0.818. The van der Waals surface area contributed by atoms with Crippen molar-refractivity contribution in [3.05, 3.63) is 0 Å². The van der Waals surface area contributed by atoms with E-state index >= 15 is 0 Å². The lowest BCUT2D eigenvalue weighted by molar-refractivity contribution is -0.214. The highest BCUT2D eigenvalue weighted by Crippen LogP contribution is 2.22. The summed E-state index contributed by atoms with van der Waals surface area (Å²) in [6, 6.07) is 0.357. The molecule has 0 aliphatic rings. The first-order valence-corrected chi connectivity index (χ1v) is 4.75. The minimum Gasteiger partial charge on any atom is -0.369 e. The van der Waals surface area contributed by atoms with Crippen molar-refractivity contribution in [2.24, 2.45) is 0 Å². The molecule has 0 heterocycles. The summed E-state index contributed by atoms with van der Waals surface area (Å²) in [5.41, 5.74) is 0. The molecule has 86 valence electrons. The number of alkyl halides is 3. The molecule has 0 aromatic heterocycles. The van der Waals surface area contributed by atoms with Gasteiger partial charge in [0.05, 0.1) is 0 Å². The molecule has 0 saturated carbocycles. The van der Waals surface area contributed by atoms with E-state index in [9.17, 15) is 13.2 Å². The summed E-state index contributed by atoms with van der Waals surface area (Å²) in [4.78, 5) is 0. The molecule has 1 atom stereocenters. The largest absolute Gasteiger partial charge is 0.414 e. The van der Waals surface area contributed by atoms with Crippen LogP contribution in [0, 0.1) is 0 Å². The smallest absolute Gasteiger partial charge is 0.369 e. The lowest BCUT2D eigenvalue weighted by atomic mass is 10.3. The molecule has 0 amide bonds. The molecule has 5 heteroatoms. The first kappa shape index (κ1) is 13.7. The van der Waals surface area contributed by atoms with Gasteiger partial charge in [0, 0.05) is 12.6 Å². The molecule has 1 N–H and O–H groups in total. The molecule has 0 rings (SSSR count). The van der Waals surface area contributed by atoms with Gasteiger partial charge in [-0.25, -0.2) is 0 Å². The minimum atomic E-state index is -4.24. The Morgan fingerprint density at radius 3 is 2.21 bits per heavy atom. The maximum absolute atomic E-state index is 11.9. The van der Waals surface area contributed by atoms with Crippen molar-refractivity contribution in [2.75, 3.05) is 13.2 Å². The minimum absolute atomic E-state index is 0.139. The molecular formula is C9H18F3NO. The molecule has 0 spiro atoms. The van der Waals surface area contributed by atoms with Gasteiger partial charge >= 0.3 is 6.18 Å². The van der Waals surface area contributed by atoms with E-state index in [1.807, 2.05) is 13.8 Å². The second kappa shape index (κ2) is 6.24. The third-order valence-electron chi connectivity index (χ3n) is 1.70. The molecule has 0 aromatic rings. The molecule has 0 bridgehead atoms. The van der Waals surface area contributed by atoms with Gasteiger partial charge in [0.15, 0.2) is 6.10 Å². The van der Waals surface area contributed by atoms with Gasteiger partial charge in [-0.3, -0.25) is 0 Å². The van der Waals surface area contributed by atoms with Gasteiger partial charge in [0.1, 0.15) is 0 Å². The highest BCUT2D eigenvalue weighted by Gasteiger charge is 2.36. The van der Waals surface area contributed by atoms with Crippen LogP contribution in [0.5, 0.6) is 0 Å². The number of rotatable bonds is 6. The normalized spacial score (nSPS) is 14.8. The molecule has 0 aromatic carbocycles. The maximum atomic E-state index is 11.9. The van der Waals surface area contributed by atoms with Crippen LogP contribution in [0.25, 0.3) is 0 Å².